The number of benzene rings is 1. The van der Waals surface area contributed by atoms with E-state index in [1.54, 1.807) is 30.9 Å². The second-order valence-electron chi connectivity index (χ2n) is 6.11. The summed E-state index contributed by atoms with van der Waals surface area (Å²) in [7, 11) is 0. The number of carbonyl (C=O) groups excluding carboxylic acids is 1. The van der Waals surface area contributed by atoms with Crippen LogP contribution in [-0.2, 0) is 0 Å². The Morgan fingerprint density at radius 2 is 2.04 bits per heavy atom. The van der Waals surface area contributed by atoms with Crippen molar-refractivity contribution in [3.05, 3.63) is 35.3 Å². The van der Waals surface area contributed by atoms with Crippen LogP contribution in [0, 0.1) is 12.7 Å². The molecule has 1 saturated heterocycles. The number of carbonyl (C=O) groups is 1. The highest BCUT2D eigenvalue weighted by molar-refractivity contribution is 5.99. The van der Waals surface area contributed by atoms with Crippen molar-refractivity contribution in [2.75, 3.05) is 32.7 Å². The van der Waals surface area contributed by atoms with Gasteiger partial charge in [-0.05, 0) is 19.9 Å². The van der Waals surface area contributed by atoms with E-state index < -0.39 is 5.82 Å². The van der Waals surface area contributed by atoms with Crippen LogP contribution in [0.1, 0.15) is 23.0 Å². The molecule has 1 aromatic carbocycles. The molecule has 0 unspecified atom stereocenters. The number of piperazine rings is 1. The molecule has 23 heavy (non-hydrogen) atoms. The number of amides is 1. The molecule has 124 valence electrons. The normalized spacial score (nSPS) is 17.7. The predicted molar refractivity (Wildman–Crippen MR) is 84.9 cm³/mol. The van der Waals surface area contributed by atoms with Gasteiger partial charge in [0.15, 0.2) is 17.2 Å². The average Bonchev–Trinajstić information content (AvgIpc) is 2.86. The predicted octanol–water partition coefficient (Wildman–Crippen LogP) is 2.02. The average molecular weight is 320 g/mol. The van der Waals surface area contributed by atoms with Crippen LogP contribution < -0.4 is 0 Å². The Balaban J connectivity index is 1.77. The zero-order chi connectivity index (χ0) is 16.6. The zero-order valence-electron chi connectivity index (χ0n) is 13.4. The second kappa shape index (κ2) is 6.29. The first-order valence-electron chi connectivity index (χ1n) is 7.84. The number of nitrogens with zero attached hydrogens (tertiary/aromatic N) is 2. The number of aliphatic hydroxyl groups is 1. The molecule has 1 aliphatic rings. The Hall–Kier alpha value is -1.92. The van der Waals surface area contributed by atoms with E-state index in [1.165, 1.54) is 6.07 Å². The summed E-state index contributed by atoms with van der Waals surface area (Å²) in [6, 6.07) is 4.70. The van der Waals surface area contributed by atoms with E-state index in [9.17, 15) is 14.3 Å². The van der Waals surface area contributed by atoms with Crippen molar-refractivity contribution in [1.29, 1.82) is 0 Å². The number of aliphatic hydroxyl groups excluding tert-OH is 1. The molecule has 5 nitrogen and oxygen atoms in total. The maximum atomic E-state index is 13.8. The van der Waals surface area contributed by atoms with Crippen molar-refractivity contribution in [3.63, 3.8) is 0 Å². The molecule has 1 N–H and O–H groups in total. The van der Waals surface area contributed by atoms with Gasteiger partial charge in [0.25, 0.3) is 5.91 Å². The lowest BCUT2D eigenvalue weighted by Crippen LogP contribution is -2.50. The van der Waals surface area contributed by atoms with Gasteiger partial charge in [0.05, 0.1) is 6.10 Å². The number of hydrogen-bond acceptors (Lipinski definition) is 4. The zero-order valence-corrected chi connectivity index (χ0v) is 13.4. The number of halogens is 1. The third-order valence-corrected chi connectivity index (χ3v) is 4.29. The summed E-state index contributed by atoms with van der Waals surface area (Å²) in [6.07, 6.45) is -0.377. The molecule has 1 amide bonds. The number of rotatable bonds is 3. The molecular weight excluding hydrogens is 299 g/mol. The molecule has 0 aliphatic carbocycles. The van der Waals surface area contributed by atoms with E-state index in [4.69, 9.17) is 4.42 Å². The quantitative estimate of drug-likeness (QED) is 0.940. The summed E-state index contributed by atoms with van der Waals surface area (Å²) in [6.45, 7) is 6.71. The Morgan fingerprint density at radius 3 is 2.65 bits per heavy atom. The minimum Gasteiger partial charge on any atom is -0.448 e. The van der Waals surface area contributed by atoms with Crippen molar-refractivity contribution in [1.82, 2.24) is 9.80 Å². The van der Waals surface area contributed by atoms with Crippen LogP contribution in [0.3, 0.4) is 0 Å². The molecule has 0 radical (unpaired) electrons. The Bertz CT molecular complexity index is 718. The minimum absolute atomic E-state index is 0.140. The van der Waals surface area contributed by atoms with E-state index in [2.05, 4.69) is 4.90 Å². The standard InChI is InChI=1S/C17H21FN2O3/c1-11(21)10-19-6-8-20(9-7-19)17(22)15-12(2)13-4-3-5-14(18)16(13)23-15/h3-5,11,21H,6-10H2,1-2H3/t11-/m0/s1. The fraction of sp³-hybridized carbons (Fsp3) is 0.471. The molecule has 1 aliphatic heterocycles. The lowest BCUT2D eigenvalue weighted by Gasteiger charge is -2.34. The van der Waals surface area contributed by atoms with Crippen LogP contribution in [0.25, 0.3) is 11.0 Å². The smallest absolute Gasteiger partial charge is 0.289 e. The first-order valence-corrected chi connectivity index (χ1v) is 7.84. The van der Waals surface area contributed by atoms with Crippen molar-refractivity contribution in [2.45, 2.75) is 20.0 Å². The van der Waals surface area contributed by atoms with Gasteiger partial charge in [0.2, 0.25) is 0 Å². The highest BCUT2D eigenvalue weighted by atomic mass is 19.1. The Labute approximate surface area is 134 Å². The van der Waals surface area contributed by atoms with E-state index >= 15 is 0 Å². The van der Waals surface area contributed by atoms with E-state index in [1.807, 2.05) is 0 Å². The van der Waals surface area contributed by atoms with Crippen LogP contribution in [0.5, 0.6) is 0 Å². The second-order valence-corrected chi connectivity index (χ2v) is 6.11. The van der Waals surface area contributed by atoms with E-state index in [0.717, 1.165) is 0 Å². The molecule has 0 spiro atoms. The lowest BCUT2D eigenvalue weighted by molar-refractivity contribution is 0.0529. The molecular formula is C17H21FN2O3. The summed E-state index contributed by atoms with van der Waals surface area (Å²) in [4.78, 5) is 16.5. The summed E-state index contributed by atoms with van der Waals surface area (Å²) in [5.74, 6) is -0.435. The molecule has 2 aromatic rings. The van der Waals surface area contributed by atoms with Crippen LogP contribution in [0.4, 0.5) is 4.39 Å². The Morgan fingerprint density at radius 1 is 1.35 bits per heavy atom. The van der Waals surface area contributed by atoms with Crippen LogP contribution in [0.15, 0.2) is 22.6 Å². The summed E-state index contributed by atoms with van der Waals surface area (Å²) in [5, 5.41) is 10.1. The van der Waals surface area contributed by atoms with Crippen LogP contribution in [-0.4, -0.2) is 59.6 Å². The minimum atomic E-state index is -0.452. The number of para-hydroxylation sites is 1. The molecule has 1 atom stereocenters. The monoisotopic (exact) mass is 320 g/mol. The topological polar surface area (TPSA) is 56.9 Å². The number of β-amino-alcohol motifs (C(OH)–C–C–N with tert-alkyl or cyclic N) is 1. The van der Waals surface area contributed by atoms with Crippen LogP contribution >= 0.6 is 0 Å². The summed E-state index contributed by atoms with van der Waals surface area (Å²) in [5.41, 5.74) is 0.817. The first-order chi connectivity index (χ1) is 11.0. The molecule has 0 bridgehead atoms. The van der Waals surface area contributed by atoms with Gasteiger partial charge < -0.3 is 14.4 Å². The Kier molecular flexibility index (Phi) is 4.37. The molecule has 1 aromatic heterocycles. The van der Waals surface area contributed by atoms with Crippen molar-refractivity contribution >= 4 is 16.9 Å². The highest BCUT2D eigenvalue weighted by Gasteiger charge is 2.27. The SMILES string of the molecule is Cc1c(C(=O)N2CCN(C[C@H](C)O)CC2)oc2c(F)cccc12. The molecule has 6 heteroatoms. The number of fused-ring (bicyclic) bond motifs is 1. The van der Waals surface area contributed by atoms with Crippen molar-refractivity contribution in [2.24, 2.45) is 0 Å². The van der Waals surface area contributed by atoms with Gasteiger partial charge in [-0.25, -0.2) is 4.39 Å². The highest BCUT2D eigenvalue weighted by Crippen LogP contribution is 2.28. The largest absolute Gasteiger partial charge is 0.448 e. The number of furan rings is 1. The van der Waals surface area contributed by atoms with E-state index in [-0.39, 0.29) is 23.4 Å². The molecule has 0 saturated carbocycles. The van der Waals surface area contributed by atoms with E-state index in [0.29, 0.717) is 43.7 Å². The van der Waals surface area contributed by atoms with Gasteiger partial charge >= 0.3 is 0 Å². The third-order valence-electron chi connectivity index (χ3n) is 4.29. The maximum absolute atomic E-state index is 13.8. The molecule has 1 fully saturated rings. The summed E-state index contributed by atoms with van der Waals surface area (Å²) >= 11 is 0. The summed E-state index contributed by atoms with van der Waals surface area (Å²) < 4.78 is 19.3. The van der Waals surface area contributed by atoms with Crippen LogP contribution in [0.2, 0.25) is 0 Å². The van der Waals surface area contributed by atoms with Gasteiger partial charge in [0, 0.05) is 43.7 Å². The number of aryl methyl sites for hydroxylation is 1. The molecule has 3 rings (SSSR count). The third kappa shape index (κ3) is 3.09. The fourth-order valence-corrected chi connectivity index (χ4v) is 3.06. The van der Waals surface area contributed by atoms with Gasteiger partial charge in [-0.3, -0.25) is 9.69 Å². The van der Waals surface area contributed by atoms with Gasteiger partial charge in [-0.1, -0.05) is 12.1 Å². The van der Waals surface area contributed by atoms with Gasteiger partial charge in [-0.15, -0.1) is 0 Å². The molecule has 2 heterocycles. The van der Waals surface area contributed by atoms with Crippen molar-refractivity contribution in [3.8, 4) is 0 Å². The maximum Gasteiger partial charge on any atom is 0.289 e. The van der Waals surface area contributed by atoms with Gasteiger partial charge in [-0.2, -0.15) is 0 Å². The fourth-order valence-electron chi connectivity index (χ4n) is 3.06. The lowest BCUT2D eigenvalue weighted by atomic mass is 10.1. The van der Waals surface area contributed by atoms with Crippen molar-refractivity contribution < 1.29 is 18.7 Å². The number of hydrogen-bond donors (Lipinski definition) is 1. The first kappa shape index (κ1) is 16.0. The van der Waals surface area contributed by atoms with Gasteiger partial charge in [0.1, 0.15) is 0 Å².